The Morgan fingerprint density at radius 1 is 1.42 bits per heavy atom. The minimum Gasteiger partial charge on any atom is -0.334 e. The van der Waals surface area contributed by atoms with Crippen LogP contribution >= 0.6 is 0 Å². The van der Waals surface area contributed by atoms with Gasteiger partial charge in [-0.15, -0.1) is 0 Å². The molecular formula is C12H14F3N3O. The fourth-order valence-corrected chi connectivity index (χ4v) is 2.14. The normalized spacial score (nSPS) is 16.5. The number of H-pyrrole nitrogens is 1. The molecule has 0 radical (unpaired) electrons. The lowest BCUT2D eigenvalue weighted by Gasteiger charge is -2.27. The van der Waals surface area contributed by atoms with Gasteiger partial charge in [-0.05, 0) is 20.3 Å². The van der Waals surface area contributed by atoms with Crippen molar-refractivity contribution in [1.82, 2.24) is 15.1 Å². The molecule has 1 N–H and O–H groups in total. The second-order valence-electron chi connectivity index (χ2n) is 4.54. The van der Waals surface area contributed by atoms with Gasteiger partial charge in [0.05, 0.1) is 11.3 Å². The van der Waals surface area contributed by atoms with Crippen LogP contribution in [-0.2, 0) is 0 Å². The lowest BCUT2D eigenvalue weighted by Crippen LogP contribution is -2.37. The maximum absolute atomic E-state index is 12.5. The number of carbonyl (C=O) groups excluding carboxylic acids is 1. The van der Waals surface area contributed by atoms with Crippen molar-refractivity contribution in [2.75, 3.05) is 13.1 Å². The highest BCUT2D eigenvalue weighted by molar-refractivity contribution is 5.96. The number of aromatic nitrogens is 2. The number of hydrogen-bond donors (Lipinski definition) is 1. The Labute approximate surface area is 108 Å². The Balaban J connectivity index is 2.15. The largest absolute Gasteiger partial charge is 0.412 e. The van der Waals surface area contributed by atoms with Crippen molar-refractivity contribution in [3.63, 3.8) is 0 Å². The van der Waals surface area contributed by atoms with E-state index in [1.807, 2.05) is 0 Å². The maximum atomic E-state index is 12.5. The number of amides is 1. The smallest absolute Gasteiger partial charge is 0.334 e. The van der Waals surface area contributed by atoms with Crippen LogP contribution in [0.5, 0.6) is 0 Å². The average molecular weight is 273 g/mol. The first-order chi connectivity index (χ1) is 8.80. The highest BCUT2D eigenvalue weighted by Crippen LogP contribution is 2.30. The summed E-state index contributed by atoms with van der Waals surface area (Å²) in [7, 11) is 0. The molecule has 0 fully saturated rings. The second kappa shape index (κ2) is 4.71. The standard InChI is InChI=1S/C12H14F3N3O/c1-7-10(8(2)17-16-7)11(19)18-5-3-9(4-6-18)12(13,14)15/h3H,4-6H2,1-2H3,(H,16,17). The monoisotopic (exact) mass is 273 g/mol. The zero-order valence-electron chi connectivity index (χ0n) is 10.6. The molecule has 0 bridgehead atoms. The molecule has 0 spiro atoms. The Morgan fingerprint density at radius 2 is 2.11 bits per heavy atom. The minimum absolute atomic E-state index is 0.0161. The van der Waals surface area contributed by atoms with E-state index in [1.54, 1.807) is 13.8 Å². The summed E-state index contributed by atoms with van der Waals surface area (Å²) in [4.78, 5) is 13.6. The van der Waals surface area contributed by atoms with Crippen LogP contribution in [0.25, 0.3) is 0 Å². The number of hydrogen-bond acceptors (Lipinski definition) is 2. The van der Waals surface area contributed by atoms with E-state index in [2.05, 4.69) is 10.2 Å². The van der Waals surface area contributed by atoms with Gasteiger partial charge in [0, 0.05) is 24.4 Å². The number of aromatic amines is 1. The summed E-state index contributed by atoms with van der Waals surface area (Å²) in [5.74, 6) is -0.277. The zero-order chi connectivity index (χ0) is 14.2. The van der Waals surface area contributed by atoms with Crippen LogP contribution in [0.15, 0.2) is 11.6 Å². The lowest BCUT2D eigenvalue weighted by atomic mass is 10.1. The van der Waals surface area contributed by atoms with Gasteiger partial charge < -0.3 is 4.90 Å². The number of carbonyl (C=O) groups is 1. The van der Waals surface area contributed by atoms with Crippen LogP contribution in [0.2, 0.25) is 0 Å². The Kier molecular flexibility index (Phi) is 3.38. The van der Waals surface area contributed by atoms with Crippen LogP contribution in [-0.4, -0.2) is 40.3 Å². The molecule has 4 nitrogen and oxygen atoms in total. The predicted octanol–water partition coefficient (Wildman–Crippen LogP) is 2.36. The summed E-state index contributed by atoms with van der Waals surface area (Å²) < 4.78 is 37.5. The highest BCUT2D eigenvalue weighted by atomic mass is 19.4. The van der Waals surface area contributed by atoms with E-state index in [9.17, 15) is 18.0 Å². The molecule has 7 heteroatoms. The molecule has 1 amide bonds. The number of halogens is 3. The molecule has 1 aromatic heterocycles. The number of alkyl halides is 3. The Hall–Kier alpha value is -1.79. The summed E-state index contributed by atoms with van der Waals surface area (Å²) >= 11 is 0. The van der Waals surface area contributed by atoms with Crippen LogP contribution < -0.4 is 0 Å². The van der Waals surface area contributed by atoms with E-state index in [-0.39, 0.29) is 25.4 Å². The van der Waals surface area contributed by atoms with Gasteiger partial charge in [0.25, 0.3) is 5.91 Å². The van der Waals surface area contributed by atoms with Crippen LogP contribution in [0, 0.1) is 13.8 Å². The van der Waals surface area contributed by atoms with Crippen molar-refractivity contribution < 1.29 is 18.0 Å². The number of aryl methyl sites for hydroxylation is 2. The van der Waals surface area contributed by atoms with Gasteiger partial charge in [-0.25, -0.2) is 0 Å². The quantitative estimate of drug-likeness (QED) is 0.798. The van der Waals surface area contributed by atoms with Crippen molar-refractivity contribution in [1.29, 1.82) is 0 Å². The van der Waals surface area contributed by atoms with E-state index >= 15 is 0 Å². The molecule has 19 heavy (non-hydrogen) atoms. The first-order valence-corrected chi connectivity index (χ1v) is 5.87. The molecule has 0 aliphatic carbocycles. The molecule has 0 atom stereocenters. The van der Waals surface area contributed by atoms with Gasteiger partial charge in [0.2, 0.25) is 0 Å². The first-order valence-electron chi connectivity index (χ1n) is 5.87. The third kappa shape index (κ3) is 2.64. The van der Waals surface area contributed by atoms with Gasteiger partial charge in [-0.2, -0.15) is 18.3 Å². The summed E-state index contributed by atoms with van der Waals surface area (Å²) in [5.41, 5.74) is 1.09. The Morgan fingerprint density at radius 3 is 2.53 bits per heavy atom. The maximum Gasteiger partial charge on any atom is 0.412 e. The van der Waals surface area contributed by atoms with Crippen LogP contribution in [0.3, 0.4) is 0 Å². The number of nitrogens with one attached hydrogen (secondary N) is 1. The summed E-state index contributed by atoms with van der Waals surface area (Å²) in [5, 5.41) is 6.62. The highest BCUT2D eigenvalue weighted by Gasteiger charge is 2.36. The topological polar surface area (TPSA) is 49.0 Å². The molecule has 1 aromatic rings. The van der Waals surface area contributed by atoms with E-state index < -0.39 is 11.7 Å². The van der Waals surface area contributed by atoms with Crippen molar-refractivity contribution >= 4 is 5.91 Å². The van der Waals surface area contributed by atoms with Gasteiger partial charge in [-0.3, -0.25) is 9.89 Å². The zero-order valence-corrected chi connectivity index (χ0v) is 10.6. The summed E-state index contributed by atoms with van der Waals surface area (Å²) in [6.45, 7) is 3.47. The van der Waals surface area contributed by atoms with Crippen molar-refractivity contribution in [3.05, 3.63) is 28.6 Å². The molecule has 0 saturated heterocycles. The molecule has 1 aliphatic rings. The van der Waals surface area contributed by atoms with Crippen molar-refractivity contribution in [3.8, 4) is 0 Å². The second-order valence-corrected chi connectivity index (χ2v) is 4.54. The van der Waals surface area contributed by atoms with E-state index in [1.165, 1.54) is 4.90 Å². The average Bonchev–Trinajstić information content (AvgIpc) is 2.67. The fourth-order valence-electron chi connectivity index (χ4n) is 2.14. The predicted molar refractivity (Wildman–Crippen MR) is 62.7 cm³/mol. The fraction of sp³-hybridized carbons (Fsp3) is 0.500. The van der Waals surface area contributed by atoms with Crippen LogP contribution in [0.1, 0.15) is 28.2 Å². The molecule has 2 heterocycles. The van der Waals surface area contributed by atoms with Crippen molar-refractivity contribution in [2.45, 2.75) is 26.4 Å². The van der Waals surface area contributed by atoms with E-state index in [0.29, 0.717) is 17.0 Å². The molecular weight excluding hydrogens is 259 g/mol. The molecule has 0 saturated carbocycles. The van der Waals surface area contributed by atoms with E-state index in [0.717, 1.165) is 6.08 Å². The molecule has 104 valence electrons. The Bertz CT molecular complexity index is 511. The van der Waals surface area contributed by atoms with Gasteiger partial charge in [0.15, 0.2) is 0 Å². The summed E-state index contributed by atoms with van der Waals surface area (Å²) in [6.07, 6.45) is -3.38. The minimum atomic E-state index is -4.30. The lowest BCUT2D eigenvalue weighted by molar-refractivity contribution is -0.0957. The van der Waals surface area contributed by atoms with Crippen LogP contribution in [0.4, 0.5) is 13.2 Å². The number of rotatable bonds is 1. The van der Waals surface area contributed by atoms with E-state index in [4.69, 9.17) is 0 Å². The van der Waals surface area contributed by atoms with Gasteiger partial charge >= 0.3 is 6.18 Å². The van der Waals surface area contributed by atoms with Gasteiger partial charge in [-0.1, -0.05) is 6.08 Å². The summed E-state index contributed by atoms with van der Waals surface area (Å²) in [6, 6.07) is 0. The molecule has 2 rings (SSSR count). The van der Waals surface area contributed by atoms with Crippen molar-refractivity contribution in [2.24, 2.45) is 0 Å². The van der Waals surface area contributed by atoms with Gasteiger partial charge in [0.1, 0.15) is 0 Å². The SMILES string of the molecule is Cc1n[nH]c(C)c1C(=O)N1CC=C(C(F)(F)F)CC1. The molecule has 1 aliphatic heterocycles. The first kappa shape index (κ1) is 13.6. The third-order valence-electron chi connectivity index (χ3n) is 3.20. The third-order valence-corrected chi connectivity index (χ3v) is 3.20. The number of nitrogens with zero attached hydrogens (tertiary/aromatic N) is 2. The molecule has 0 unspecified atom stereocenters. The molecule has 0 aromatic carbocycles.